The predicted molar refractivity (Wildman–Crippen MR) is 79.9 cm³/mol. The number of hydrogen-bond donors (Lipinski definition) is 0. The van der Waals surface area contributed by atoms with E-state index in [1.165, 1.54) is 0 Å². The molecule has 0 saturated carbocycles. The molecule has 0 N–H and O–H groups in total. The van der Waals surface area contributed by atoms with Gasteiger partial charge in [-0.25, -0.2) is 0 Å². The van der Waals surface area contributed by atoms with E-state index < -0.39 is 5.41 Å². The van der Waals surface area contributed by atoms with Crippen molar-refractivity contribution in [2.24, 2.45) is 5.41 Å². The molecule has 0 amide bonds. The minimum atomic E-state index is -0.413. The molecule has 1 aromatic heterocycles. The highest BCUT2D eigenvalue weighted by molar-refractivity contribution is 6.00. The van der Waals surface area contributed by atoms with Gasteiger partial charge in [-0.1, -0.05) is 44.2 Å². The second-order valence-corrected chi connectivity index (χ2v) is 6.23. The van der Waals surface area contributed by atoms with Gasteiger partial charge in [0, 0.05) is 30.6 Å². The van der Waals surface area contributed by atoms with Gasteiger partial charge < -0.3 is 4.57 Å². The molecule has 2 aromatic rings. The largest absolute Gasteiger partial charge is 0.315 e. The van der Waals surface area contributed by atoms with E-state index in [2.05, 4.69) is 19.7 Å². The molecule has 0 spiro atoms. The number of hydrogen-bond acceptors (Lipinski definition) is 4. The van der Waals surface area contributed by atoms with Gasteiger partial charge in [-0.3, -0.25) is 9.69 Å². The maximum atomic E-state index is 12.7. The van der Waals surface area contributed by atoms with Crippen LogP contribution in [0.1, 0.15) is 30.0 Å². The molecular formula is C16H20N4O. The third kappa shape index (κ3) is 2.88. The number of carbonyl (C=O) groups excluding carboxylic acids is 1. The molecule has 21 heavy (non-hydrogen) atoms. The van der Waals surface area contributed by atoms with E-state index >= 15 is 0 Å². The Hall–Kier alpha value is -2.01. The molecule has 2 heterocycles. The highest BCUT2D eigenvalue weighted by Gasteiger charge is 2.32. The van der Waals surface area contributed by atoms with Gasteiger partial charge in [0.2, 0.25) is 0 Å². The molecule has 0 unspecified atom stereocenters. The van der Waals surface area contributed by atoms with Crippen molar-refractivity contribution in [1.82, 2.24) is 19.7 Å². The Balaban J connectivity index is 1.71. The van der Waals surface area contributed by atoms with Crippen LogP contribution < -0.4 is 0 Å². The zero-order chi connectivity index (χ0) is 14.9. The fraction of sp³-hybridized carbons (Fsp3) is 0.438. The summed E-state index contributed by atoms with van der Waals surface area (Å²) in [5, 5.41) is 8.06. The topological polar surface area (TPSA) is 51.0 Å². The van der Waals surface area contributed by atoms with Crippen molar-refractivity contribution in [3.63, 3.8) is 0 Å². The zero-order valence-corrected chi connectivity index (χ0v) is 12.5. The fourth-order valence-corrected chi connectivity index (χ4v) is 2.86. The van der Waals surface area contributed by atoms with E-state index in [1.54, 1.807) is 6.33 Å². The fourth-order valence-electron chi connectivity index (χ4n) is 2.86. The lowest BCUT2D eigenvalue weighted by atomic mass is 9.83. The Morgan fingerprint density at radius 1 is 1.24 bits per heavy atom. The van der Waals surface area contributed by atoms with Crippen molar-refractivity contribution in [3.05, 3.63) is 48.0 Å². The number of carbonyl (C=O) groups is 1. The summed E-state index contributed by atoms with van der Waals surface area (Å²) < 4.78 is 2.07. The first-order chi connectivity index (χ1) is 10.1. The van der Waals surface area contributed by atoms with Crippen molar-refractivity contribution in [3.8, 4) is 0 Å². The second kappa shape index (κ2) is 5.41. The number of nitrogens with zero attached hydrogens (tertiary/aromatic N) is 4. The van der Waals surface area contributed by atoms with Crippen LogP contribution in [0.15, 0.2) is 36.7 Å². The van der Waals surface area contributed by atoms with E-state index in [1.807, 2.05) is 44.2 Å². The van der Waals surface area contributed by atoms with E-state index in [0.29, 0.717) is 0 Å². The maximum Gasteiger partial charge on any atom is 0.169 e. The van der Waals surface area contributed by atoms with E-state index in [-0.39, 0.29) is 5.78 Å². The predicted octanol–water partition coefficient (Wildman–Crippen LogP) is 2.00. The lowest BCUT2D eigenvalue weighted by Gasteiger charge is -2.33. The molecule has 110 valence electrons. The standard InChI is InChI=1S/C16H20N4O/c1-16(2,15(21)13-6-4-3-5-7-13)11-19-8-9-20-12-17-18-14(20)10-19/h3-7,12H,8-11H2,1-2H3. The molecular weight excluding hydrogens is 264 g/mol. The summed E-state index contributed by atoms with van der Waals surface area (Å²) in [5.41, 5.74) is 0.367. The highest BCUT2D eigenvalue weighted by atomic mass is 16.1. The van der Waals surface area contributed by atoms with Crippen molar-refractivity contribution >= 4 is 5.78 Å². The molecule has 0 aliphatic carbocycles. The van der Waals surface area contributed by atoms with Gasteiger partial charge in [-0.05, 0) is 0 Å². The quantitative estimate of drug-likeness (QED) is 0.806. The number of benzene rings is 1. The monoisotopic (exact) mass is 284 g/mol. The number of aromatic nitrogens is 3. The summed E-state index contributed by atoms with van der Waals surface area (Å²) >= 11 is 0. The summed E-state index contributed by atoms with van der Waals surface area (Å²) in [6.45, 7) is 7.33. The summed E-state index contributed by atoms with van der Waals surface area (Å²) in [6, 6.07) is 9.52. The third-order valence-electron chi connectivity index (χ3n) is 3.99. The summed E-state index contributed by atoms with van der Waals surface area (Å²) in [4.78, 5) is 15.0. The molecule has 0 fully saturated rings. The van der Waals surface area contributed by atoms with Gasteiger partial charge in [0.15, 0.2) is 5.78 Å². The smallest absolute Gasteiger partial charge is 0.169 e. The molecule has 0 saturated heterocycles. The van der Waals surface area contributed by atoms with Crippen LogP contribution >= 0.6 is 0 Å². The van der Waals surface area contributed by atoms with Crippen LogP contribution in [-0.2, 0) is 13.1 Å². The molecule has 3 rings (SSSR count). The first-order valence-corrected chi connectivity index (χ1v) is 7.25. The van der Waals surface area contributed by atoms with E-state index in [9.17, 15) is 4.79 Å². The first-order valence-electron chi connectivity index (χ1n) is 7.25. The minimum absolute atomic E-state index is 0.190. The van der Waals surface area contributed by atoms with Crippen LogP contribution in [0.4, 0.5) is 0 Å². The number of rotatable bonds is 4. The van der Waals surface area contributed by atoms with Crippen molar-refractivity contribution in [2.45, 2.75) is 26.9 Å². The van der Waals surface area contributed by atoms with Crippen LogP contribution in [0, 0.1) is 5.41 Å². The van der Waals surface area contributed by atoms with E-state index in [0.717, 1.165) is 37.6 Å². The number of fused-ring (bicyclic) bond motifs is 1. The lowest BCUT2D eigenvalue weighted by molar-refractivity contribution is 0.0733. The van der Waals surface area contributed by atoms with Gasteiger partial charge >= 0.3 is 0 Å². The van der Waals surface area contributed by atoms with Crippen molar-refractivity contribution < 1.29 is 4.79 Å². The molecule has 1 aliphatic rings. The lowest BCUT2D eigenvalue weighted by Crippen LogP contribution is -2.43. The van der Waals surface area contributed by atoms with Crippen molar-refractivity contribution in [2.75, 3.05) is 13.1 Å². The molecule has 1 aromatic carbocycles. The Kier molecular flexibility index (Phi) is 3.59. The maximum absolute atomic E-state index is 12.7. The first kappa shape index (κ1) is 13.9. The molecule has 0 atom stereocenters. The normalized spacial score (nSPS) is 15.7. The number of Topliss-reactive ketones (excluding diaryl/α,β-unsaturated/α-hetero) is 1. The summed E-state index contributed by atoms with van der Waals surface area (Å²) in [5.74, 6) is 1.17. The molecule has 0 radical (unpaired) electrons. The molecule has 5 heteroatoms. The Labute approximate surface area is 124 Å². The zero-order valence-electron chi connectivity index (χ0n) is 12.5. The minimum Gasteiger partial charge on any atom is -0.315 e. The molecule has 0 bridgehead atoms. The third-order valence-corrected chi connectivity index (χ3v) is 3.99. The van der Waals surface area contributed by atoms with Crippen LogP contribution in [0.3, 0.4) is 0 Å². The Morgan fingerprint density at radius 3 is 2.76 bits per heavy atom. The SMILES string of the molecule is CC(C)(CN1CCn2cnnc2C1)C(=O)c1ccccc1. The van der Waals surface area contributed by atoms with Crippen LogP contribution in [0.2, 0.25) is 0 Å². The van der Waals surface area contributed by atoms with Crippen LogP contribution in [0.25, 0.3) is 0 Å². The van der Waals surface area contributed by atoms with Crippen LogP contribution in [0.5, 0.6) is 0 Å². The van der Waals surface area contributed by atoms with Crippen LogP contribution in [-0.4, -0.2) is 38.5 Å². The van der Waals surface area contributed by atoms with Gasteiger partial charge in [-0.2, -0.15) is 0 Å². The Bertz CT molecular complexity index is 633. The average Bonchev–Trinajstić information content (AvgIpc) is 2.94. The summed E-state index contributed by atoms with van der Waals surface area (Å²) in [6.07, 6.45) is 1.77. The molecule has 5 nitrogen and oxygen atoms in total. The second-order valence-electron chi connectivity index (χ2n) is 6.23. The Morgan fingerprint density at radius 2 is 2.00 bits per heavy atom. The van der Waals surface area contributed by atoms with Gasteiger partial charge in [0.25, 0.3) is 0 Å². The highest BCUT2D eigenvalue weighted by Crippen LogP contribution is 2.25. The van der Waals surface area contributed by atoms with Gasteiger partial charge in [0.05, 0.1) is 6.54 Å². The van der Waals surface area contributed by atoms with E-state index in [4.69, 9.17) is 0 Å². The summed E-state index contributed by atoms with van der Waals surface area (Å²) in [7, 11) is 0. The van der Waals surface area contributed by atoms with Gasteiger partial charge in [0.1, 0.15) is 12.2 Å². The van der Waals surface area contributed by atoms with Crippen molar-refractivity contribution in [1.29, 1.82) is 0 Å². The van der Waals surface area contributed by atoms with Gasteiger partial charge in [-0.15, -0.1) is 10.2 Å². The average molecular weight is 284 g/mol. The molecule has 1 aliphatic heterocycles. The number of ketones is 1.